The summed E-state index contributed by atoms with van der Waals surface area (Å²) in [5, 5.41) is 3.12. The molecule has 0 atom stereocenters. The topological polar surface area (TPSA) is 73.3 Å². The first-order chi connectivity index (χ1) is 10.7. The van der Waals surface area contributed by atoms with Crippen molar-refractivity contribution in [3.8, 4) is 5.75 Å². The lowest BCUT2D eigenvalue weighted by molar-refractivity contribution is 0.0600. The van der Waals surface area contributed by atoms with Crippen LogP contribution in [0.25, 0.3) is 0 Å². The first-order valence-corrected chi connectivity index (χ1v) is 7.00. The molecule has 0 spiro atoms. The zero-order valence-electron chi connectivity index (χ0n) is 12.7. The van der Waals surface area contributed by atoms with Crippen molar-refractivity contribution in [1.29, 1.82) is 0 Å². The third-order valence-corrected chi connectivity index (χ3v) is 3.13. The van der Waals surface area contributed by atoms with Crippen molar-refractivity contribution in [3.63, 3.8) is 0 Å². The zero-order chi connectivity index (χ0) is 15.8. The Labute approximate surface area is 129 Å². The van der Waals surface area contributed by atoms with E-state index in [2.05, 4.69) is 26.1 Å². The summed E-state index contributed by atoms with van der Waals surface area (Å²) in [5.41, 5.74) is 1.56. The number of rotatable bonds is 7. The maximum atomic E-state index is 11.3. The van der Waals surface area contributed by atoms with Crippen LogP contribution in [0.5, 0.6) is 5.75 Å². The number of methoxy groups -OCH3 is 2. The van der Waals surface area contributed by atoms with E-state index >= 15 is 0 Å². The number of carbonyl (C=O) groups excluding carboxylic acids is 1. The summed E-state index contributed by atoms with van der Waals surface area (Å²) in [6.07, 6.45) is 4.77. The van der Waals surface area contributed by atoms with Crippen LogP contribution >= 0.6 is 0 Å². The van der Waals surface area contributed by atoms with Crippen LogP contribution in [0.3, 0.4) is 0 Å². The molecule has 0 aliphatic carbocycles. The summed E-state index contributed by atoms with van der Waals surface area (Å²) in [5.74, 6) is 0.926. The second-order valence-corrected chi connectivity index (χ2v) is 4.67. The smallest absolute Gasteiger partial charge is 0.341 e. The quantitative estimate of drug-likeness (QED) is 0.625. The highest BCUT2D eigenvalue weighted by Crippen LogP contribution is 2.13. The highest BCUT2D eigenvalue weighted by molar-refractivity contribution is 5.88. The Morgan fingerprint density at radius 2 is 2.00 bits per heavy atom. The van der Waals surface area contributed by atoms with Gasteiger partial charge in [0.05, 0.1) is 19.8 Å². The van der Waals surface area contributed by atoms with Crippen LogP contribution in [-0.4, -0.2) is 36.7 Å². The van der Waals surface area contributed by atoms with Gasteiger partial charge in [0, 0.05) is 18.9 Å². The molecule has 0 aliphatic heterocycles. The first kappa shape index (κ1) is 15.8. The normalized spacial score (nSPS) is 10.1. The lowest BCUT2D eigenvalue weighted by Crippen LogP contribution is -2.08. The average Bonchev–Trinajstić information content (AvgIpc) is 2.58. The van der Waals surface area contributed by atoms with E-state index in [9.17, 15) is 4.79 Å². The fourth-order valence-corrected chi connectivity index (χ4v) is 1.96. The Balaban J connectivity index is 1.77. The van der Waals surface area contributed by atoms with E-state index < -0.39 is 5.97 Å². The molecule has 0 fully saturated rings. The highest BCUT2D eigenvalue weighted by atomic mass is 16.5. The van der Waals surface area contributed by atoms with Crippen LogP contribution in [0.2, 0.25) is 0 Å². The van der Waals surface area contributed by atoms with Crippen molar-refractivity contribution in [3.05, 3.63) is 47.8 Å². The van der Waals surface area contributed by atoms with E-state index in [1.54, 1.807) is 7.11 Å². The van der Waals surface area contributed by atoms with E-state index in [0.29, 0.717) is 11.5 Å². The molecule has 2 aromatic rings. The Morgan fingerprint density at radius 3 is 2.68 bits per heavy atom. The molecule has 6 nitrogen and oxygen atoms in total. The minimum Gasteiger partial charge on any atom is -0.497 e. The Kier molecular flexibility index (Phi) is 5.71. The van der Waals surface area contributed by atoms with Gasteiger partial charge in [0.1, 0.15) is 5.75 Å². The maximum absolute atomic E-state index is 11.3. The molecule has 22 heavy (non-hydrogen) atoms. The number of ether oxygens (including phenoxy) is 2. The van der Waals surface area contributed by atoms with Crippen LogP contribution in [0.4, 0.5) is 5.95 Å². The monoisotopic (exact) mass is 301 g/mol. The number of nitrogens with zero attached hydrogens (tertiary/aromatic N) is 2. The van der Waals surface area contributed by atoms with Gasteiger partial charge in [-0.3, -0.25) is 0 Å². The molecule has 0 bridgehead atoms. The van der Waals surface area contributed by atoms with Crippen LogP contribution in [0.15, 0.2) is 36.7 Å². The summed E-state index contributed by atoms with van der Waals surface area (Å²) >= 11 is 0. The number of nitrogens with one attached hydrogen (secondary N) is 1. The molecular weight excluding hydrogens is 282 g/mol. The van der Waals surface area contributed by atoms with Gasteiger partial charge in [-0.05, 0) is 30.5 Å². The highest BCUT2D eigenvalue weighted by Gasteiger charge is 2.06. The lowest BCUT2D eigenvalue weighted by Gasteiger charge is -2.06. The van der Waals surface area contributed by atoms with Gasteiger partial charge in [-0.25, -0.2) is 14.8 Å². The van der Waals surface area contributed by atoms with E-state index in [0.717, 1.165) is 25.1 Å². The third kappa shape index (κ3) is 4.44. The fraction of sp³-hybridized carbons (Fsp3) is 0.312. The summed E-state index contributed by atoms with van der Waals surface area (Å²) in [6, 6.07) is 8.01. The van der Waals surface area contributed by atoms with Gasteiger partial charge < -0.3 is 14.8 Å². The largest absolute Gasteiger partial charge is 0.497 e. The Hall–Kier alpha value is -2.63. The Morgan fingerprint density at radius 1 is 1.23 bits per heavy atom. The third-order valence-electron chi connectivity index (χ3n) is 3.13. The molecular formula is C16H19N3O3. The molecule has 1 N–H and O–H groups in total. The number of aryl methyl sites for hydroxylation is 1. The molecule has 1 heterocycles. The van der Waals surface area contributed by atoms with Crippen molar-refractivity contribution < 1.29 is 14.3 Å². The second-order valence-electron chi connectivity index (χ2n) is 4.67. The maximum Gasteiger partial charge on any atom is 0.341 e. The van der Waals surface area contributed by atoms with Gasteiger partial charge in [-0.15, -0.1) is 0 Å². The number of anilines is 1. The number of esters is 1. The molecule has 0 saturated heterocycles. The summed E-state index contributed by atoms with van der Waals surface area (Å²) < 4.78 is 9.79. The van der Waals surface area contributed by atoms with E-state index in [1.807, 2.05) is 18.2 Å². The number of aromatic nitrogens is 2. The van der Waals surface area contributed by atoms with Crippen molar-refractivity contribution in [2.75, 3.05) is 26.1 Å². The first-order valence-electron chi connectivity index (χ1n) is 7.00. The Bertz CT molecular complexity index is 614. The standard InChI is InChI=1S/C16H19N3O3/c1-21-14-7-3-5-12(9-14)6-4-8-17-16-18-10-13(11-19-16)15(20)22-2/h3,5,7,9-11H,4,6,8H2,1-2H3,(H,17,18,19). The number of carbonyl (C=O) groups is 1. The van der Waals surface area contributed by atoms with Gasteiger partial charge in [-0.2, -0.15) is 0 Å². The molecule has 2 rings (SSSR count). The van der Waals surface area contributed by atoms with Crippen LogP contribution in [-0.2, 0) is 11.2 Å². The predicted molar refractivity (Wildman–Crippen MR) is 83.2 cm³/mol. The van der Waals surface area contributed by atoms with Crippen molar-refractivity contribution in [1.82, 2.24) is 9.97 Å². The molecule has 0 radical (unpaired) electrons. The van der Waals surface area contributed by atoms with Crippen molar-refractivity contribution in [2.45, 2.75) is 12.8 Å². The van der Waals surface area contributed by atoms with Crippen molar-refractivity contribution in [2.24, 2.45) is 0 Å². The minimum atomic E-state index is -0.440. The average molecular weight is 301 g/mol. The summed E-state index contributed by atoms with van der Waals surface area (Å²) in [6.45, 7) is 0.745. The van der Waals surface area contributed by atoms with Gasteiger partial charge >= 0.3 is 5.97 Å². The molecule has 0 aliphatic rings. The van der Waals surface area contributed by atoms with Gasteiger partial charge in [0.2, 0.25) is 5.95 Å². The molecule has 0 amide bonds. The molecule has 0 saturated carbocycles. The van der Waals surface area contributed by atoms with E-state index in [-0.39, 0.29) is 0 Å². The molecule has 0 unspecified atom stereocenters. The predicted octanol–water partition coefficient (Wildman–Crippen LogP) is 2.32. The van der Waals surface area contributed by atoms with Gasteiger partial charge in [-0.1, -0.05) is 12.1 Å². The molecule has 116 valence electrons. The molecule has 6 heteroatoms. The molecule has 1 aromatic heterocycles. The van der Waals surface area contributed by atoms with Crippen LogP contribution in [0.1, 0.15) is 22.3 Å². The zero-order valence-corrected chi connectivity index (χ0v) is 12.7. The van der Waals surface area contributed by atoms with Gasteiger partial charge in [0.15, 0.2) is 0 Å². The van der Waals surface area contributed by atoms with Gasteiger partial charge in [0.25, 0.3) is 0 Å². The number of benzene rings is 1. The van der Waals surface area contributed by atoms with Crippen molar-refractivity contribution >= 4 is 11.9 Å². The SMILES string of the molecule is COC(=O)c1cnc(NCCCc2cccc(OC)c2)nc1. The van der Waals surface area contributed by atoms with Crippen LogP contribution < -0.4 is 10.1 Å². The fourth-order valence-electron chi connectivity index (χ4n) is 1.96. The summed E-state index contributed by atoms with van der Waals surface area (Å²) in [7, 11) is 2.99. The van der Waals surface area contributed by atoms with Crippen LogP contribution in [0, 0.1) is 0 Å². The molecule has 1 aromatic carbocycles. The summed E-state index contributed by atoms with van der Waals surface area (Å²) in [4.78, 5) is 19.4. The lowest BCUT2D eigenvalue weighted by atomic mass is 10.1. The number of hydrogen-bond donors (Lipinski definition) is 1. The minimum absolute atomic E-state index is 0.337. The van der Waals surface area contributed by atoms with E-state index in [4.69, 9.17) is 4.74 Å². The number of hydrogen-bond acceptors (Lipinski definition) is 6. The van der Waals surface area contributed by atoms with E-state index in [1.165, 1.54) is 25.1 Å². The second kappa shape index (κ2) is 7.97.